The van der Waals surface area contributed by atoms with Crippen LogP contribution in [-0.4, -0.2) is 43.2 Å². The summed E-state index contributed by atoms with van der Waals surface area (Å²) in [5.74, 6) is 0.271. The van der Waals surface area contributed by atoms with Crippen LogP contribution >= 0.6 is 11.3 Å². The Labute approximate surface area is 171 Å². The molecule has 0 bridgehead atoms. The van der Waals surface area contributed by atoms with Gasteiger partial charge in [0.25, 0.3) is 5.91 Å². The lowest BCUT2D eigenvalue weighted by molar-refractivity contribution is 0.0998. The van der Waals surface area contributed by atoms with Crippen LogP contribution in [0.4, 0.5) is 0 Å². The molecular weight excluding hydrogens is 392 g/mol. The molecular formula is C20H20N4O4S. The van der Waals surface area contributed by atoms with Crippen molar-refractivity contribution in [1.29, 1.82) is 0 Å². The van der Waals surface area contributed by atoms with Crippen LogP contribution < -0.4 is 20.0 Å². The van der Waals surface area contributed by atoms with Gasteiger partial charge in [0, 0.05) is 23.6 Å². The van der Waals surface area contributed by atoms with E-state index in [1.54, 1.807) is 44.3 Å². The molecule has 150 valence electrons. The lowest BCUT2D eigenvalue weighted by atomic mass is 10.1. The Balaban J connectivity index is 2.11. The van der Waals surface area contributed by atoms with Crippen LogP contribution in [0.5, 0.6) is 17.2 Å². The van der Waals surface area contributed by atoms with Gasteiger partial charge in [-0.3, -0.25) is 9.79 Å². The van der Waals surface area contributed by atoms with E-state index in [2.05, 4.69) is 10.1 Å². The van der Waals surface area contributed by atoms with Crippen LogP contribution in [0.15, 0.2) is 51.9 Å². The molecule has 1 amide bonds. The molecule has 9 heteroatoms. The highest BCUT2D eigenvalue weighted by Crippen LogP contribution is 2.30. The van der Waals surface area contributed by atoms with E-state index in [-0.39, 0.29) is 11.3 Å². The fraction of sp³-hybridized carbons (Fsp3) is 0.150. The van der Waals surface area contributed by atoms with Crippen molar-refractivity contribution in [3.8, 4) is 28.5 Å². The summed E-state index contributed by atoms with van der Waals surface area (Å²) in [4.78, 5) is 16.5. The fourth-order valence-corrected chi connectivity index (χ4v) is 3.59. The molecule has 0 saturated carbocycles. The molecule has 0 aliphatic heterocycles. The molecule has 0 fully saturated rings. The normalized spacial score (nSPS) is 11.8. The summed E-state index contributed by atoms with van der Waals surface area (Å²) in [6.07, 6.45) is 1.64. The van der Waals surface area contributed by atoms with E-state index in [1.165, 1.54) is 23.5 Å². The second kappa shape index (κ2) is 8.61. The van der Waals surface area contributed by atoms with Crippen molar-refractivity contribution in [2.45, 2.75) is 0 Å². The Morgan fingerprint density at radius 2 is 2.03 bits per heavy atom. The molecule has 0 spiro atoms. The summed E-state index contributed by atoms with van der Waals surface area (Å²) in [7, 11) is 4.80. The third-order valence-electron chi connectivity index (χ3n) is 4.18. The highest BCUT2D eigenvalue weighted by Gasteiger charge is 2.13. The zero-order valence-electron chi connectivity index (χ0n) is 16.1. The zero-order valence-corrected chi connectivity index (χ0v) is 16.9. The number of phenols is 1. The first-order chi connectivity index (χ1) is 14.0. The number of nitrogens with two attached hydrogens (primary N) is 1. The minimum atomic E-state index is -0.712. The molecule has 0 radical (unpaired) electrons. The van der Waals surface area contributed by atoms with E-state index < -0.39 is 5.91 Å². The fourth-order valence-electron chi connectivity index (χ4n) is 2.79. The molecule has 29 heavy (non-hydrogen) atoms. The van der Waals surface area contributed by atoms with Crippen LogP contribution in [0.1, 0.15) is 15.9 Å². The summed E-state index contributed by atoms with van der Waals surface area (Å²) < 4.78 is 12.4. The molecule has 0 saturated heterocycles. The third kappa shape index (κ3) is 3.99. The van der Waals surface area contributed by atoms with E-state index in [0.29, 0.717) is 27.6 Å². The molecule has 3 N–H and O–H groups in total. The molecule has 2 aromatic carbocycles. The zero-order chi connectivity index (χ0) is 21.0. The van der Waals surface area contributed by atoms with Gasteiger partial charge in [0.2, 0.25) is 4.80 Å². The topological polar surface area (TPSA) is 111 Å². The minimum absolute atomic E-state index is 0.0358. The van der Waals surface area contributed by atoms with Gasteiger partial charge in [-0.25, -0.2) is 4.68 Å². The Bertz CT molecular complexity index is 1150. The molecule has 3 aromatic rings. The van der Waals surface area contributed by atoms with Crippen molar-refractivity contribution in [3.05, 3.63) is 57.7 Å². The van der Waals surface area contributed by atoms with Crippen molar-refractivity contribution >= 4 is 23.5 Å². The molecule has 1 aromatic heterocycles. The quantitative estimate of drug-likeness (QED) is 0.606. The van der Waals surface area contributed by atoms with Crippen LogP contribution in [-0.2, 0) is 0 Å². The maximum atomic E-state index is 11.6. The molecule has 0 unspecified atom stereocenters. The van der Waals surface area contributed by atoms with Gasteiger partial charge in [-0.05, 0) is 30.3 Å². The number of primary amides is 1. The first-order valence-corrected chi connectivity index (χ1v) is 9.40. The number of carbonyl (C=O) groups excluding carboxylic acids is 1. The van der Waals surface area contributed by atoms with Crippen LogP contribution in [0, 0.1) is 0 Å². The van der Waals surface area contributed by atoms with Crippen molar-refractivity contribution in [2.24, 2.45) is 15.8 Å². The first-order valence-electron chi connectivity index (χ1n) is 8.52. The van der Waals surface area contributed by atoms with Gasteiger partial charge >= 0.3 is 0 Å². The number of hydrogen-bond donors (Lipinski definition) is 2. The van der Waals surface area contributed by atoms with E-state index in [4.69, 9.17) is 15.2 Å². The van der Waals surface area contributed by atoms with E-state index in [0.717, 1.165) is 5.56 Å². The summed E-state index contributed by atoms with van der Waals surface area (Å²) in [6, 6.07) is 10.1. The van der Waals surface area contributed by atoms with E-state index in [1.807, 2.05) is 17.5 Å². The van der Waals surface area contributed by atoms with Gasteiger partial charge in [0.1, 0.15) is 5.75 Å². The lowest BCUT2D eigenvalue weighted by Gasteiger charge is -2.10. The number of hydrogen-bond acceptors (Lipinski definition) is 7. The first kappa shape index (κ1) is 20.2. The number of thiazole rings is 1. The van der Waals surface area contributed by atoms with Gasteiger partial charge in [0.05, 0.1) is 31.7 Å². The minimum Gasteiger partial charge on any atom is -0.507 e. The summed E-state index contributed by atoms with van der Waals surface area (Å²) in [5.41, 5.74) is 7.46. The van der Waals surface area contributed by atoms with Crippen LogP contribution in [0.25, 0.3) is 11.3 Å². The van der Waals surface area contributed by atoms with Crippen molar-refractivity contribution in [3.63, 3.8) is 0 Å². The molecule has 0 aliphatic carbocycles. The highest BCUT2D eigenvalue weighted by molar-refractivity contribution is 7.07. The number of nitrogens with zero attached hydrogens (tertiary/aromatic N) is 3. The Morgan fingerprint density at radius 3 is 2.69 bits per heavy atom. The second-order valence-electron chi connectivity index (χ2n) is 5.86. The van der Waals surface area contributed by atoms with Crippen molar-refractivity contribution in [2.75, 3.05) is 21.3 Å². The molecule has 3 rings (SSSR count). The predicted octanol–water partition coefficient (Wildman–Crippen LogP) is 2.45. The summed E-state index contributed by atoms with van der Waals surface area (Å²) in [5, 5.41) is 16.3. The van der Waals surface area contributed by atoms with Crippen molar-refractivity contribution in [1.82, 2.24) is 4.68 Å². The largest absolute Gasteiger partial charge is 0.507 e. The lowest BCUT2D eigenvalue weighted by Crippen LogP contribution is -2.13. The van der Waals surface area contributed by atoms with Crippen LogP contribution in [0.2, 0.25) is 0 Å². The standard InChI is InChI=1S/C20H20N4O4S/c1-22-20-24(23-10-13-5-4-6-17(27-2)18(13)28-3)15(11-29-20)12-7-8-16(25)14(9-12)19(21)26/h4-11,25H,1-3H3,(H2,21,26)/b22-20?,23-10+. The third-order valence-corrected chi connectivity index (χ3v) is 5.09. The predicted molar refractivity (Wildman–Crippen MR) is 112 cm³/mol. The number of rotatable bonds is 6. The average molecular weight is 412 g/mol. The van der Waals surface area contributed by atoms with E-state index in [9.17, 15) is 9.90 Å². The Morgan fingerprint density at radius 1 is 1.24 bits per heavy atom. The van der Waals surface area contributed by atoms with E-state index >= 15 is 0 Å². The van der Waals surface area contributed by atoms with Gasteiger partial charge in [-0.1, -0.05) is 6.07 Å². The number of benzene rings is 2. The number of para-hydroxylation sites is 1. The molecule has 8 nitrogen and oxygen atoms in total. The Kier molecular flexibility index (Phi) is 5.99. The number of methoxy groups -OCH3 is 2. The molecule has 0 atom stereocenters. The van der Waals surface area contributed by atoms with Crippen LogP contribution in [0.3, 0.4) is 0 Å². The number of amides is 1. The van der Waals surface area contributed by atoms with Gasteiger partial charge in [0.15, 0.2) is 11.5 Å². The smallest absolute Gasteiger partial charge is 0.252 e. The molecule has 1 heterocycles. The molecule has 0 aliphatic rings. The highest BCUT2D eigenvalue weighted by atomic mass is 32.1. The SMILES string of the molecule is CN=c1scc(-c2ccc(O)c(C(N)=O)c2)n1/N=C/c1cccc(OC)c1OC. The van der Waals surface area contributed by atoms with Gasteiger partial charge in [-0.15, -0.1) is 11.3 Å². The monoisotopic (exact) mass is 412 g/mol. The summed E-state index contributed by atoms with van der Waals surface area (Å²) in [6.45, 7) is 0. The second-order valence-corrected chi connectivity index (χ2v) is 6.70. The maximum Gasteiger partial charge on any atom is 0.252 e. The Hall–Kier alpha value is -3.59. The number of aromatic hydroxyl groups is 1. The maximum absolute atomic E-state index is 11.6. The number of aromatic nitrogens is 1. The number of carbonyl (C=O) groups is 1. The summed E-state index contributed by atoms with van der Waals surface area (Å²) >= 11 is 1.39. The van der Waals surface area contributed by atoms with Crippen molar-refractivity contribution < 1.29 is 19.4 Å². The van der Waals surface area contributed by atoms with Gasteiger partial charge in [-0.2, -0.15) is 5.10 Å². The number of ether oxygens (including phenoxy) is 2. The van der Waals surface area contributed by atoms with Gasteiger partial charge < -0.3 is 20.3 Å². The average Bonchev–Trinajstić information content (AvgIpc) is 3.14.